The van der Waals surface area contributed by atoms with E-state index in [1.165, 1.54) is 24.1 Å². The van der Waals surface area contributed by atoms with E-state index in [1.807, 2.05) is 0 Å². The van der Waals surface area contributed by atoms with Gasteiger partial charge in [-0.05, 0) is 19.1 Å². The number of carbonyl (C=O) groups excluding carboxylic acids is 1. The van der Waals surface area contributed by atoms with E-state index in [9.17, 15) is 14.3 Å². The maximum Gasteiger partial charge on any atom is 0.260 e. The second-order valence-electron chi connectivity index (χ2n) is 4.78. The van der Waals surface area contributed by atoms with Gasteiger partial charge in [-0.1, -0.05) is 6.07 Å². The number of carbonyl (C=O) groups is 1. The number of rotatable bonds is 3. The summed E-state index contributed by atoms with van der Waals surface area (Å²) >= 11 is 0. The maximum atomic E-state index is 13.9. The molecule has 1 fully saturated rings. The van der Waals surface area contributed by atoms with Crippen LogP contribution < -0.4 is 4.74 Å². The Morgan fingerprint density at radius 2 is 2.30 bits per heavy atom. The van der Waals surface area contributed by atoms with Crippen LogP contribution in [0.1, 0.15) is 17.3 Å². The van der Waals surface area contributed by atoms with E-state index in [0.29, 0.717) is 6.54 Å². The Labute approximate surface area is 116 Å². The molecule has 2 rings (SSSR count). The predicted octanol–water partition coefficient (Wildman–Crippen LogP) is 1.06. The molecule has 1 aromatic rings. The number of halogens is 1. The molecule has 5 nitrogen and oxygen atoms in total. The summed E-state index contributed by atoms with van der Waals surface area (Å²) in [7, 11) is 1.39. The molecule has 1 aliphatic heterocycles. The molecule has 0 radical (unpaired) electrons. The van der Waals surface area contributed by atoms with Crippen molar-refractivity contribution in [1.82, 2.24) is 4.90 Å². The molecule has 1 heterocycles. The first-order chi connectivity index (χ1) is 9.56. The molecule has 1 saturated heterocycles. The SMILES string of the molecule is COc1cccc(F)c1C(=O)N1CC(C)OC(CO)C1. The summed E-state index contributed by atoms with van der Waals surface area (Å²) in [6, 6.07) is 4.26. The van der Waals surface area contributed by atoms with Gasteiger partial charge in [-0.25, -0.2) is 4.39 Å². The third-order valence-corrected chi connectivity index (χ3v) is 3.23. The molecule has 20 heavy (non-hydrogen) atoms. The quantitative estimate of drug-likeness (QED) is 0.901. The second kappa shape index (κ2) is 6.19. The Balaban J connectivity index is 2.27. The van der Waals surface area contributed by atoms with Crippen molar-refractivity contribution >= 4 is 5.91 Å². The van der Waals surface area contributed by atoms with Crippen molar-refractivity contribution in [3.8, 4) is 5.75 Å². The number of hydrogen-bond donors (Lipinski definition) is 1. The van der Waals surface area contributed by atoms with Crippen LogP contribution in [-0.4, -0.2) is 54.9 Å². The van der Waals surface area contributed by atoms with Crippen molar-refractivity contribution in [3.05, 3.63) is 29.6 Å². The van der Waals surface area contributed by atoms with Crippen molar-refractivity contribution in [2.24, 2.45) is 0 Å². The number of hydrogen-bond acceptors (Lipinski definition) is 4. The average Bonchev–Trinajstić information content (AvgIpc) is 2.45. The van der Waals surface area contributed by atoms with Gasteiger partial charge in [0.2, 0.25) is 0 Å². The molecular formula is C14H18FNO4. The highest BCUT2D eigenvalue weighted by molar-refractivity contribution is 5.97. The highest BCUT2D eigenvalue weighted by Crippen LogP contribution is 2.24. The van der Waals surface area contributed by atoms with Crippen LogP contribution in [0.15, 0.2) is 18.2 Å². The van der Waals surface area contributed by atoms with E-state index in [2.05, 4.69) is 0 Å². The number of aliphatic hydroxyl groups is 1. The van der Waals surface area contributed by atoms with Gasteiger partial charge in [0.1, 0.15) is 17.1 Å². The Hall–Kier alpha value is -1.66. The van der Waals surface area contributed by atoms with Crippen molar-refractivity contribution in [3.63, 3.8) is 0 Å². The standard InChI is InChI=1S/C14H18FNO4/c1-9-6-16(7-10(8-17)20-9)14(18)13-11(15)4-3-5-12(13)19-2/h3-5,9-10,17H,6-8H2,1-2H3. The predicted molar refractivity (Wildman–Crippen MR) is 70.3 cm³/mol. The van der Waals surface area contributed by atoms with Crippen molar-refractivity contribution in [2.75, 3.05) is 26.8 Å². The lowest BCUT2D eigenvalue weighted by Gasteiger charge is -2.36. The van der Waals surface area contributed by atoms with Gasteiger partial charge in [-0.3, -0.25) is 4.79 Å². The van der Waals surface area contributed by atoms with E-state index in [4.69, 9.17) is 9.47 Å². The molecule has 0 saturated carbocycles. The van der Waals surface area contributed by atoms with Crippen LogP contribution in [-0.2, 0) is 4.74 Å². The summed E-state index contributed by atoms with van der Waals surface area (Å²) in [6.07, 6.45) is -0.650. The van der Waals surface area contributed by atoms with Crippen LogP contribution in [0.25, 0.3) is 0 Å². The molecule has 0 aliphatic carbocycles. The number of methoxy groups -OCH3 is 1. The first-order valence-electron chi connectivity index (χ1n) is 6.45. The molecule has 1 N–H and O–H groups in total. The molecular weight excluding hydrogens is 265 g/mol. The molecule has 1 amide bonds. The van der Waals surface area contributed by atoms with E-state index < -0.39 is 17.8 Å². The molecule has 1 aliphatic rings. The van der Waals surface area contributed by atoms with Crippen LogP contribution in [0.4, 0.5) is 4.39 Å². The number of benzene rings is 1. The number of ether oxygens (including phenoxy) is 2. The largest absolute Gasteiger partial charge is 0.496 e. The van der Waals surface area contributed by atoms with Crippen LogP contribution in [0.2, 0.25) is 0 Å². The fourth-order valence-corrected chi connectivity index (χ4v) is 2.35. The molecule has 6 heteroatoms. The summed E-state index contributed by atoms with van der Waals surface area (Å²) < 4.78 is 24.4. The summed E-state index contributed by atoms with van der Waals surface area (Å²) in [6.45, 7) is 2.22. The number of aliphatic hydroxyl groups excluding tert-OH is 1. The molecule has 0 aromatic heterocycles. The normalized spacial score (nSPS) is 22.7. The third-order valence-electron chi connectivity index (χ3n) is 3.23. The fourth-order valence-electron chi connectivity index (χ4n) is 2.35. The minimum absolute atomic E-state index is 0.0826. The summed E-state index contributed by atoms with van der Waals surface area (Å²) in [5.74, 6) is -0.864. The summed E-state index contributed by atoms with van der Waals surface area (Å²) in [4.78, 5) is 14.0. The average molecular weight is 283 g/mol. The zero-order valence-electron chi connectivity index (χ0n) is 11.5. The van der Waals surface area contributed by atoms with Gasteiger partial charge in [-0.15, -0.1) is 0 Å². The van der Waals surface area contributed by atoms with E-state index >= 15 is 0 Å². The first kappa shape index (κ1) is 14.7. The minimum Gasteiger partial charge on any atom is -0.496 e. The number of morpholine rings is 1. The molecule has 110 valence electrons. The van der Waals surface area contributed by atoms with E-state index in [1.54, 1.807) is 13.0 Å². The van der Waals surface area contributed by atoms with Gasteiger partial charge < -0.3 is 19.5 Å². The highest BCUT2D eigenvalue weighted by atomic mass is 19.1. The smallest absolute Gasteiger partial charge is 0.260 e. The molecule has 0 bridgehead atoms. The number of amides is 1. The highest BCUT2D eigenvalue weighted by Gasteiger charge is 2.31. The Bertz CT molecular complexity index is 494. The minimum atomic E-state index is -0.617. The van der Waals surface area contributed by atoms with Crippen LogP contribution in [0, 0.1) is 5.82 Å². The van der Waals surface area contributed by atoms with E-state index in [0.717, 1.165) is 0 Å². The topological polar surface area (TPSA) is 59.0 Å². The molecule has 1 aromatic carbocycles. The lowest BCUT2D eigenvalue weighted by Crippen LogP contribution is -2.50. The fraction of sp³-hybridized carbons (Fsp3) is 0.500. The zero-order chi connectivity index (χ0) is 14.7. The van der Waals surface area contributed by atoms with E-state index in [-0.39, 0.29) is 30.6 Å². The number of nitrogens with zero attached hydrogens (tertiary/aromatic N) is 1. The van der Waals surface area contributed by atoms with Gasteiger partial charge >= 0.3 is 0 Å². The summed E-state index contributed by atoms with van der Waals surface area (Å²) in [5, 5.41) is 9.17. The molecule has 2 atom stereocenters. The van der Waals surface area contributed by atoms with Gasteiger partial charge in [0.25, 0.3) is 5.91 Å². The van der Waals surface area contributed by atoms with Crippen molar-refractivity contribution in [2.45, 2.75) is 19.1 Å². The van der Waals surface area contributed by atoms with Crippen LogP contribution >= 0.6 is 0 Å². The molecule has 0 spiro atoms. The second-order valence-corrected chi connectivity index (χ2v) is 4.78. The van der Waals surface area contributed by atoms with Gasteiger partial charge in [0.05, 0.1) is 25.9 Å². The maximum absolute atomic E-state index is 13.9. The zero-order valence-corrected chi connectivity index (χ0v) is 11.5. The van der Waals surface area contributed by atoms with Crippen molar-refractivity contribution < 1.29 is 23.8 Å². The van der Waals surface area contributed by atoms with Crippen LogP contribution in [0.5, 0.6) is 5.75 Å². The molecule has 2 unspecified atom stereocenters. The van der Waals surface area contributed by atoms with Gasteiger partial charge in [-0.2, -0.15) is 0 Å². The summed E-state index contributed by atoms with van der Waals surface area (Å²) in [5.41, 5.74) is -0.0826. The van der Waals surface area contributed by atoms with Crippen molar-refractivity contribution in [1.29, 1.82) is 0 Å². The monoisotopic (exact) mass is 283 g/mol. The van der Waals surface area contributed by atoms with Gasteiger partial charge in [0.15, 0.2) is 0 Å². The van der Waals surface area contributed by atoms with Gasteiger partial charge in [0, 0.05) is 13.1 Å². The van der Waals surface area contributed by atoms with Crippen LogP contribution in [0.3, 0.4) is 0 Å². The Morgan fingerprint density at radius 1 is 1.55 bits per heavy atom. The Morgan fingerprint density at radius 3 is 2.95 bits per heavy atom. The lowest BCUT2D eigenvalue weighted by atomic mass is 10.1. The Kier molecular flexibility index (Phi) is 4.57. The lowest BCUT2D eigenvalue weighted by molar-refractivity contribution is -0.0859. The first-order valence-corrected chi connectivity index (χ1v) is 6.45. The third kappa shape index (κ3) is 2.91.